The molecule has 5 heteroatoms. The number of anilines is 1. The van der Waals surface area contributed by atoms with Crippen molar-refractivity contribution in [1.82, 2.24) is 4.90 Å². The number of benzene rings is 1. The first kappa shape index (κ1) is 13.5. The number of carbonyl (C=O) groups excluding carboxylic acids is 2. The molecule has 0 aliphatic rings. The van der Waals surface area contributed by atoms with Gasteiger partial charge >= 0.3 is 0 Å². The standard InChI is InChI=1S/C12H15ClN2O2/c1-15(12(17)7-8-13)9-11(16)14-10-5-3-2-4-6-10/h2-6H,7-9H2,1H3,(H,14,16). The number of nitrogens with one attached hydrogen (secondary N) is 1. The Labute approximate surface area is 106 Å². The summed E-state index contributed by atoms with van der Waals surface area (Å²) in [6, 6.07) is 9.11. The molecule has 0 bridgehead atoms. The molecule has 0 saturated carbocycles. The number of para-hydroxylation sites is 1. The minimum Gasteiger partial charge on any atom is -0.336 e. The Morgan fingerprint density at radius 2 is 1.94 bits per heavy atom. The van der Waals surface area contributed by atoms with E-state index in [1.807, 2.05) is 18.2 Å². The normalized spacial score (nSPS) is 9.76. The maximum absolute atomic E-state index is 11.6. The van der Waals surface area contributed by atoms with E-state index in [1.54, 1.807) is 19.2 Å². The van der Waals surface area contributed by atoms with Crippen LogP contribution in [0.3, 0.4) is 0 Å². The third-order valence-electron chi connectivity index (χ3n) is 2.17. The lowest BCUT2D eigenvalue weighted by atomic mass is 10.3. The zero-order valence-corrected chi connectivity index (χ0v) is 10.4. The van der Waals surface area contributed by atoms with Crippen LogP contribution in [0, 0.1) is 0 Å². The fourth-order valence-electron chi connectivity index (χ4n) is 1.30. The van der Waals surface area contributed by atoms with Gasteiger partial charge in [-0.05, 0) is 12.1 Å². The lowest BCUT2D eigenvalue weighted by Gasteiger charge is -2.16. The molecule has 0 saturated heterocycles. The number of nitrogens with zero attached hydrogens (tertiary/aromatic N) is 1. The zero-order valence-electron chi connectivity index (χ0n) is 9.65. The highest BCUT2D eigenvalue weighted by Crippen LogP contribution is 2.04. The van der Waals surface area contributed by atoms with Gasteiger partial charge in [0.05, 0.1) is 6.54 Å². The van der Waals surface area contributed by atoms with E-state index in [9.17, 15) is 9.59 Å². The molecule has 0 unspecified atom stereocenters. The number of hydrogen-bond acceptors (Lipinski definition) is 2. The van der Waals surface area contributed by atoms with Crippen molar-refractivity contribution in [2.45, 2.75) is 6.42 Å². The summed E-state index contributed by atoms with van der Waals surface area (Å²) in [5.74, 6) is -0.0893. The zero-order chi connectivity index (χ0) is 12.7. The Kier molecular flexibility index (Phi) is 5.49. The van der Waals surface area contributed by atoms with E-state index in [-0.39, 0.29) is 30.7 Å². The van der Waals surface area contributed by atoms with Crippen molar-refractivity contribution in [3.05, 3.63) is 30.3 Å². The van der Waals surface area contributed by atoms with Crippen molar-refractivity contribution in [3.8, 4) is 0 Å². The summed E-state index contributed by atoms with van der Waals surface area (Å²) >= 11 is 5.46. The molecule has 0 radical (unpaired) electrons. The molecule has 4 nitrogen and oxygen atoms in total. The average molecular weight is 255 g/mol. The summed E-state index contributed by atoms with van der Waals surface area (Å²) < 4.78 is 0. The number of carbonyl (C=O) groups is 2. The van der Waals surface area contributed by atoms with Crippen LogP contribution < -0.4 is 5.32 Å². The SMILES string of the molecule is CN(CC(=O)Nc1ccccc1)C(=O)CCCl. The highest BCUT2D eigenvalue weighted by atomic mass is 35.5. The van der Waals surface area contributed by atoms with Gasteiger partial charge in [0.15, 0.2) is 0 Å². The topological polar surface area (TPSA) is 49.4 Å². The van der Waals surface area contributed by atoms with Crippen molar-refractivity contribution >= 4 is 29.1 Å². The van der Waals surface area contributed by atoms with Crippen LogP contribution in [-0.4, -0.2) is 36.2 Å². The summed E-state index contributed by atoms with van der Waals surface area (Å²) in [6.45, 7) is 0.0324. The summed E-state index contributed by atoms with van der Waals surface area (Å²) in [5.41, 5.74) is 0.718. The van der Waals surface area contributed by atoms with Gasteiger partial charge in [-0.3, -0.25) is 9.59 Å². The number of rotatable bonds is 5. The second kappa shape index (κ2) is 6.91. The van der Waals surface area contributed by atoms with Gasteiger partial charge in [0, 0.05) is 25.0 Å². The lowest BCUT2D eigenvalue weighted by molar-refractivity contribution is -0.132. The van der Waals surface area contributed by atoms with Gasteiger partial charge in [-0.25, -0.2) is 0 Å². The van der Waals surface area contributed by atoms with Crippen LogP contribution in [0.4, 0.5) is 5.69 Å². The average Bonchev–Trinajstić information content (AvgIpc) is 2.30. The largest absolute Gasteiger partial charge is 0.336 e. The molecule has 0 fully saturated rings. The van der Waals surface area contributed by atoms with E-state index in [4.69, 9.17) is 11.6 Å². The van der Waals surface area contributed by atoms with Gasteiger partial charge in [0.1, 0.15) is 0 Å². The van der Waals surface area contributed by atoms with Crippen molar-refractivity contribution in [2.75, 3.05) is 24.8 Å². The fraction of sp³-hybridized carbons (Fsp3) is 0.333. The molecule has 1 aromatic carbocycles. The van der Waals surface area contributed by atoms with E-state index in [0.29, 0.717) is 0 Å². The number of hydrogen-bond donors (Lipinski definition) is 1. The molecule has 92 valence electrons. The molecule has 0 aliphatic carbocycles. The van der Waals surface area contributed by atoms with Crippen LogP contribution in [-0.2, 0) is 9.59 Å². The maximum atomic E-state index is 11.6. The summed E-state index contributed by atoms with van der Waals surface area (Å²) in [6.07, 6.45) is 0.247. The first-order chi connectivity index (χ1) is 8.13. The number of alkyl halides is 1. The minimum absolute atomic E-state index is 0.0324. The van der Waals surface area contributed by atoms with E-state index < -0.39 is 0 Å². The number of likely N-dealkylation sites (N-methyl/N-ethyl adjacent to an activating group) is 1. The smallest absolute Gasteiger partial charge is 0.243 e. The molecule has 0 aliphatic heterocycles. The molecular formula is C12H15ClN2O2. The predicted octanol–water partition coefficient (Wildman–Crippen LogP) is 1.71. The van der Waals surface area contributed by atoms with E-state index in [2.05, 4.69) is 5.32 Å². The molecule has 0 heterocycles. The molecule has 17 heavy (non-hydrogen) atoms. The predicted molar refractivity (Wildman–Crippen MR) is 68.0 cm³/mol. The monoisotopic (exact) mass is 254 g/mol. The second-order valence-corrected chi connectivity index (χ2v) is 3.98. The molecule has 2 amide bonds. The number of halogens is 1. The summed E-state index contributed by atoms with van der Waals surface area (Å²) in [4.78, 5) is 24.3. The van der Waals surface area contributed by atoms with Gasteiger partial charge in [-0.15, -0.1) is 11.6 Å². The maximum Gasteiger partial charge on any atom is 0.243 e. The van der Waals surface area contributed by atoms with Crippen molar-refractivity contribution in [1.29, 1.82) is 0 Å². The van der Waals surface area contributed by atoms with Crippen LogP contribution in [0.1, 0.15) is 6.42 Å². The van der Waals surface area contributed by atoms with Crippen LogP contribution in [0.15, 0.2) is 30.3 Å². The van der Waals surface area contributed by atoms with Gasteiger partial charge in [0.2, 0.25) is 11.8 Å². The Morgan fingerprint density at radius 1 is 1.29 bits per heavy atom. The third-order valence-corrected chi connectivity index (χ3v) is 2.36. The van der Waals surface area contributed by atoms with Crippen molar-refractivity contribution in [3.63, 3.8) is 0 Å². The van der Waals surface area contributed by atoms with Crippen molar-refractivity contribution in [2.24, 2.45) is 0 Å². The van der Waals surface area contributed by atoms with E-state index in [1.165, 1.54) is 4.90 Å². The van der Waals surface area contributed by atoms with Crippen molar-refractivity contribution < 1.29 is 9.59 Å². The summed E-state index contributed by atoms with van der Waals surface area (Å²) in [7, 11) is 1.58. The number of amides is 2. The van der Waals surface area contributed by atoms with Gasteiger partial charge in [0.25, 0.3) is 0 Å². The Hall–Kier alpha value is -1.55. The lowest BCUT2D eigenvalue weighted by Crippen LogP contribution is -2.34. The van der Waals surface area contributed by atoms with Gasteiger partial charge in [-0.1, -0.05) is 18.2 Å². The molecule has 1 N–H and O–H groups in total. The fourth-order valence-corrected chi connectivity index (χ4v) is 1.46. The second-order valence-electron chi connectivity index (χ2n) is 3.60. The molecule has 0 spiro atoms. The van der Waals surface area contributed by atoms with E-state index in [0.717, 1.165) is 5.69 Å². The third kappa shape index (κ3) is 4.87. The van der Waals surface area contributed by atoms with E-state index >= 15 is 0 Å². The van der Waals surface area contributed by atoms with Crippen LogP contribution in [0.5, 0.6) is 0 Å². The Bertz CT molecular complexity index is 381. The molecule has 1 aromatic rings. The van der Waals surface area contributed by atoms with Gasteiger partial charge in [-0.2, -0.15) is 0 Å². The Morgan fingerprint density at radius 3 is 2.53 bits per heavy atom. The highest BCUT2D eigenvalue weighted by Gasteiger charge is 2.11. The molecule has 1 rings (SSSR count). The van der Waals surface area contributed by atoms with Gasteiger partial charge < -0.3 is 10.2 Å². The Balaban J connectivity index is 2.42. The van der Waals surface area contributed by atoms with Crippen LogP contribution in [0.25, 0.3) is 0 Å². The first-order valence-electron chi connectivity index (χ1n) is 5.28. The summed E-state index contributed by atoms with van der Waals surface area (Å²) in [5, 5.41) is 2.70. The van der Waals surface area contributed by atoms with Crippen LogP contribution >= 0.6 is 11.6 Å². The molecule has 0 atom stereocenters. The minimum atomic E-state index is -0.221. The first-order valence-corrected chi connectivity index (χ1v) is 5.81. The highest BCUT2D eigenvalue weighted by molar-refractivity contribution is 6.18. The molecular weight excluding hydrogens is 240 g/mol. The molecule has 0 aromatic heterocycles. The quantitative estimate of drug-likeness (QED) is 0.814. The van der Waals surface area contributed by atoms with Crippen LogP contribution in [0.2, 0.25) is 0 Å².